The van der Waals surface area contributed by atoms with Crippen molar-refractivity contribution in [2.24, 2.45) is 0 Å². The van der Waals surface area contributed by atoms with Crippen LogP contribution in [0.4, 0.5) is 0 Å². The lowest BCUT2D eigenvalue weighted by atomic mass is 9.90. The average molecular weight is 729 g/mol. The van der Waals surface area contributed by atoms with Crippen LogP contribution in [-0.4, -0.2) is 68.8 Å². The second-order valence-corrected chi connectivity index (χ2v) is 17.7. The summed E-state index contributed by atoms with van der Waals surface area (Å²) in [5, 5.41) is 31.0. The molecule has 4 aromatic rings. The van der Waals surface area contributed by atoms with Gasteiger partial charge in [-0.1, -0.05) is 34.8 Å². The van der Waals surface area contributed by atoms with E-state index in [1.54, 1.807) is 0 Å². The average Bonchev–Trinajstić information content (AvgIpc) is 3.62. The van der Waals surface area contributed by atoms with Crippen LogP contribution in [0.1, 0.15) is 118 Å². The van der Waals surface area contributed by atoms with E-state index >= 15 is 0 Å². The predicted octanol–water partition coefficient (Wildman–Crippen LogP) is 8.09. The summed E-state index contributed by atoms with van der Waals surface area (Å²) >= 11 is 2.90. The van der Waals surface area contributed by atoms with Crippen molar-refractivity contribution in [1.82, 2.24) is 20.6 Å². The molecule has 2 heterocycles. The quantitative estimate of drug-likeness (QED) is 0.101. The lowest BCUT2D eigenvalue weighted by molar-refractivity contribution is 0.132. The van der Waals surface area contributed by atoms with E-state index in [2.05, 4.69) is 10.6 Å². The van der Waals surface area contributed by atoms with Crippen molar-refractivity contribution in [3.63, 3.8) is 0 Å². The first-order chi connectivity index (χ1) is 23.5. The van der Waals surface area contributed by atoms with Gasteiger partial charge in [0.2, 0.25) is 0 Å². The van der Waals surface area contributed by atoms with Gasteiger partial charge in [-0.3, -0.25) is 0 Å². The van der Waals surface area contributed by atoms with Crippen molar-refractivity contribution in [1.29, 1.82) is 0 Å². The number of benzene rings is 2. The fourth-order valence-corrected chi connectivity index (χ4v) is 8.33. The third-order valence-electron chi connectivity index (χ3n) is 8.19. The molecule has 4 N–H and O–H groups in total. The molecule has 2 aromatic heterocycles. The summed E-state index contributed by atoms with van der Waals surface area (Å²) in [7, 11) is 0. The highest BCUT2D eigenvalue weighted by Gasteiger charge is 2.27. The van der Waals surface area contributed by atoms with E-state index in [0.717, 1.165) is 57.2 Å². The first kappa shape index (κ1) is 38.5. The molecule has 1 aliphatic rings. The summed E-state index contributed by atoms with van der Waals surface area (Å²) in [4.78, 5) is 9.46. The molecule has 0 aliphatic heterocycles. The van der Waals surface area contributed by atoms with Crippen LogP contribution in [0.15, 0.2) is 24.3 Å². The number of nitrogens with zero attached hydrogens (tertiary/aromatic N) is 2. The minimum atomic E-state index is -0.699. The summed E-state index contributed by atoms with van der Waals surface area (Å²) in [5.41, 5.74) is 2.34. The fraction of sp³-hybridized carbons (Fsp3) is 0.632. The topological polar surface area (TPSA) is 127 Å². The summed E-state index contributed by atoms with van der Waals surface area (Å²) < 4.78 is 26.0. The smallest absolute Gasteiger partial charge is 0.274 e. The Bertz CT molecular complexity index is 1590. The van der Waals surface area contributed by atoms with E-state index in [-0.39, 0.29) is 23.4 Å². The third-order valence-corrected chi connectivity index (χ3v) is 10.2. The van der Waals surface area contributed by atoms with Crippen LogP contribution in [0.2, 0.25) is 0 Å². The van der Waals surface area contributed by atoms with Crippen LogP contribution >= 0.6 is 22.7 Å². The van der Waals surface area contributed by atoms with E-state index in [4.69, 9.17) is 28.9 Å². The van der Waals surface area contributed by atoms with E-state index in [9.17, 15) is 10.2 Å². The molecule has 0 spiro atoms. The largest absolute Gasteiger partial charge is 0.486 e. The van der Waals surface area contributed by atoms with Gasteiger partial charge in [-0.05, 0) is 107 Å². The number of hydrogen-bond acceptors (Lipinski definition) is 12. The summed E-state index contributed by atoms with van der Waals surface area (Å²) in [6, 6.07) is 8.31. The van der Waals surface area contributed by atoms with Crippen LogP contribution in [0.3, 0.4) is 0 Å². The van der Waals surface area contributed by atoms with E-state index in [1.165, 1.54) is 22.7 Å². The van der Waals surface area contributed by atoms with Gasteiger partial charge in [-0.15, -0.1) is 0 Å². The van der Waals surface area contributed by atoms with Gasteiger partial charge in [0.25, 0.3) is 10.4 Å². The minimum absolute atomic E-state index is 0.00214. The highest BCUT2D eigenvalue weighted by Crippen LogP contribution is 2.41. The summed E-state index contributed by atoms with van der Waals surface area (Å²) in [5.74, 6) is 1.38. The van der Waals surface area contributed by atoms with Crippen molar-refractivity contribution in [3.8, 4) is 21.9 Å². The maximum Gasteiger partial charge on any atom is 0.274 e. The molecule has 10 nitrogen and oxygen atoms in total. The number of thiazole rings is 2. The zero-order valence-electron chi connectivity index (χ0n) is 31.3. The Morgan fingerprint density at radius 2 is 1.02 bits per heavy atom. The molecule has 0 unspecified atom stereocenters. The molecule has 50 heavy (non-hydrogen) atoms. The van der Waals surface area contributed by atoms with Crippen molar-refractivity contribution < 1.29 is 29.2 Å². The molecule has 276 valence electrons. The predicted molar refractivity (Wildman–Crippen MR) is 203 cm³/mol. The number of aliphatic hydroxyl groups excluding tert-OH is 2. The molecule has 0 radical (unpaired) electrons. The van der Waals surface area contributed by atoms with Crippen LogP contribution in [-0.2, 0) is 0 Å². The molecule has 12 heteroatoms. The standard InChI is InChI=1S/C38H56N4O6S2/c1-21(2)45-35-41-31-29(47-37(5,6)7)17-15-25(33(31)49-35)27(43)19-39-23-11-13-24(14-12-23)40-20-28(44)26-16-18-30(48-38(8,9)10)32-34(26)50-36(42-32)46-22(3)4/h15-18,21-24,27-28,39-40,43-44H,11-14,19-20H2,1-10H3/t23?,24?,27-,28+. The first-order valence-corrected chi connectivity index (χ1v) is 19.5. The molecular formula is C38H56N4O6S2. The molecule has 5 rings (SSSR count). The van der Waals surface area contributed by atoms with Crippen molar-refractivity contribution in [2.45, 2.75) is 143 Å². The molecule has 1 saturated carbocycles. The van der Waals surface area contributed by atoms with Gasteiger partial charge in [-0.25, -0.2) is 0 Å². The number of nitrogens with one attached hydrogen (secondary N) is 2. The second-order valence-electron chi connectivity index (χ2n) is 15.8. The first-order valence-electron chi connectivity index (χ1n) is 17.9. The SMILES string of the molecule is CC(C)Oc1nc2c(OC(C)(C)C)ccc([C@H](O)CNC3CCC(NC[C@H](O)c4ccc(OC(C)(C)C)c5nc(OC(C)C)sc45)CC3)c2s1. The summed E-state index contributed by atoms with van der Waals surface area (Å²) in [6.45, 7) is 20.9. The fourth-order valence-electron chi connectivity index (χ4n) is 6.10. The number of aliphatic hydroxyl groups is 2. The van der Waals surface area contributed by atoms with Crippen LogP contribution in [0.5, 0.6) is 21.9 Å². The van der Waals surface area contributed by atoms with Crippen molar-refractivity contribution in [3.05, 3.63) is 35.4 Å². The highest BCUT2D eigenvalue weighted by molar-refractivity contribution is 7.20. The van der Waals surface area contributed by atoms with E-state index in [0.29, 0.717) is 47.1 Å². The van der Waals surface area contributed by atoms with E-state index < -0.39 is 12.2 Å². The van der Waals surface area contributed by atoms with Gasteiger partial charge in [0.15, 0.2) is 0 Å². The van der Waals surface area contributed by atoms with Crippen LogP contribution < -0.4 is 29.6 Å². The number of aromatic nitrogens is 2. The zero-order chi connectivity index (χ0) is 36.4. The Labute approximate surface area is 304 Å². The second kappa shape index (κ2) is 15.9. The maximum absolute atomic E-state index is 11.3. The lowest BCUT2D eigenvalue weighted by Crippen LogP contribution is -2.42. The lowest BCUT2D eigenvalue weighted by Gasteiger charge is -2.31. The Morgan fingerprint density at radius 1 is 0.660 bits per heavy atom. The number of hydrogen-bond donors (Lipinski definition) is 4. The van der Waals surface area contributed by atoms with Gasteiger partial charge >= 0.3 is 0 Å². The van der Waals surface area contributed by atoms with Crippen LogP contribution in [0.25, 0.3) is 20.4 Å². The molecule has 0 bridgehead atoms. The highest BCUT2D eigenvalue weighted by atomic mass is 32.1. The molecule has 2 atom stereocenters. The van der Waals surface area contributed by atoms with Gasteiger partial charge in [0.05, 0.1) is 33.8 Å². The number of ether oxygens (including phenoxy) is 4. The molecule has 1 aliphatic carbocycles. The monoisotopic (exact) mass is 728 g/mol. The minimum Gasteiger partial charge on any atom is -0.486 e. The Balaban J connectivity index is 1.17. The van der Waals surface area contributed by atoms with E-state index in [1.807, 2.05) is 93.5 Å². The molecule has 2 aromatic carbocycles. The maximum atomic E-state index is 11.3. The third kappa shape index (κ3) is 10.2. The van der Waals surface area contributed by atoms with Crippen LogP contribution in [0, 0.1) is 0 Å². The summed E-state index contributed by atoms with van der Waals surface area (Å²) in [6.07, 6.45) is 2.52. The number of fused-ring (bicyclic) bond motifs is 2. The number of rotatable bonds is 14. The van der Waals surface area contributed by atoms with Gasteiger partial charge in [0, 0.05) is 36.3 Å². The molecular weight excluding hydrogens is 673 g/mol. The van der Waals surface area contributed by atoms with Gasteiger partial charge in [0.1, 0.15) is 33.7 Å². The van der Waals surface area contributed by atoms with Crippen molar-refractivity contribution in [2.75, 3.05) is 13.1 Å². The normalized spacial score (nSPS) is 18.6. The molecule has 0 saturated heterocycles. The molecule has 0 amide bonds. The Kier molecular flexibility index (Phi) is 12.2. The molecule has 1 fully saturated rings. The van der Waals surface area contributed by atoms with Gasteiger partial charge < -0.3 is 39.8 Å². The Morgan fingerprint density at radius 3 is 1.34 bits per heavy atom. The van der Waals surface area contributed by atoms with Crippen molar-refractivity contribution >= 4 is 43.1 Å². The Hall–Kier alpha value is -2.74. The zero-order valence-corrected chi connectivity index (χ0v) is 32.9. The van der Waals surface area contributed by atoms with Gasteiger partial charge in [-0.2, -0.15) is 9.97 Å².